The highest BCUT2D eigenvalue weighted by Crippen LogP contribution is 2.16. The van der Waals surface area contributed by atoms with Gasteiger partial charge >= 0.3 is 0 Å². The van der Waals surface area contributed by atoms with Crippen molar-refractivity contribution in [3.05, 3.63) is 35.9 Å². The molecule has 0 bridgehead atoms. The molecule has 0 aliphatic rings. The van der Waals surface area contributed by atoms with Gasteiger partial charge in [-0.2, -0.15) is 8.42 Å². The van der Waals surface area contributed by atoms with E-state index in [-0.39, 0.29) is 5.75 Å². The molecule has 184 valence electrons. The number of unbranched alkanes of at least 4 members (excludes halogenated alkanes) is 13. The topological polar surface area (TPSA) is 80.7 Å². The smallest absolute Gasteiger partial charge is 0.267 e. The van der Waals surface area contributed by atoms with Gasteiger partial charge in [-0.25, -0.2) is 0 Å². The molecule has 0 amide bonds. The number of carbonyl (C=O) groups is 1. The van der Waals surface area contributed by atoms with Gasteiger partial charge in [-0.3, -0.25) is 8.98 Å². The van der Waals surface area contributed by atoms with E-state index in [9.17, 15) is 18.3 Å². The summed E-state index contributed by atoms with van der Waals surface area (Å²) < 4.78 is 29.2. The lowest BCUT2D eigenvalue weighted by atomic mass is 9.96. The summed E-state index contributed by atoms with van der Waals surface area (Å²) in [4.78, 5) is 12.4. The van der Waals surface area contributed by atoms with E-state index in [1.807, 2.05) is 0 Å². The van der Waals surface area contributed by atoms with Crippen molar-refractivity contribution >= 4 is 15.9 Å². The van der Waals surface area contributed by atoms with Gasteiger partial charge in [0.15, 0.2) is 5.78 Å². The van der Waals surface area contributed by atoms with Gasteiger partial charge in [0.25, 0.3) is 10.1 Å². The first kappa shape index (κ1) is 28.8. The molecule has 6 heteroatoms. The summed E-state index contributed by atoms with van der Waals surface area (Å²) in [5.41, 5.74) is -1.56. The number of hydrogen-bond donors (Lipinski definition) is 1. The maximum atomic E-state index is 12.4. The summed E-state index contributed by atoms with van der Waals surface area (Å²) in [7, 11) is -3.76. The molecule has 0 fully saturated rings. The number of benzene rings is 1. The van der Waals surface area contributed by atoms with Crippen LogP contribution < -0.4 is 0 Å². The van der Waals surface area contributed by atoms with Gasteiger partial charge in [-0.1, -0.05) is 121 Å². The van der Waals surface area contributed by atoms with E-state index >= 15 is 0 Å². The number of carbonyl (C=O) groups excluding carboxylic acids is 1. The first-order chi connectivity index (χ1) is 15.3. The monoisotopic (exact) mass is 468 g/mol. The summed E-state index contributed by atoms with van der Waals surface area (Å²) in [5.74, 6) is -0.634. The van der Waals surface area contributed by atoms with E-state index in [1.165, 1.54) is 71.1 Å². The van der Waals surface area contributed by atoms with Crippen molar-refractivity contribution in [3.8, 4) is 0 Å². The third-order valence-electron chi connectivity index (χ3n) is 5.79. The molecule has 0 aliphatic carbocycles. The van der Waals surface area contributed by atoms with Crippen LogP contribution in [0.15, 0.2) is 30.3 Å². The van der Waals surface area contributed by atoms with Gasteiger partial charge < -0.3 is 5.11 Å². The van der Waals surface area contributed by atoms with Crippen LogP contribution in [0, 0.1) is 0 Å². The molecule has 1 N–H and O–H groups in total. The standard InChI is InChI=1S/C26H44O5S/c1-3-4-5-6-7-8-9-10-11-12-13-14-15-19-22-32(29,30)31-23-26(2,28)25(27)24-20-17-16-18-21-24/h16-18,20-21,28H,3-15,19,22-23H2,1-2H3. The van der Waals surface area contributed by atoms with Gasteiger partial charge in [-0.05, 0) is 13.3 Å². The number of rotatable bonds is 20. The van der Waals surface area contributed by atoms with Crippen molar-refractivity contribution in [3.63, 3.8) is 0 Å². The fourth-order valence-corrected chi connectivity index (χ4v) is 4.79. The second-order valence-electron chi connectivity index (χ2n) is 9.09. The minimum Gasteiger partial charge on any atom is -0.379 e. The Hall–Kier alpha value is -1.24. The lowest BCUT2D eigenvalue weighted by Gasteiger charge is -2.21. The Labute approximate surface area is 196 Å². The number of ketones is 1. The van der Waals surface area contributed by atoms with Crippen molar-refractivity contribution in [1.82, 2.24) is 0 Å². The number of Topliss-reactive ketones (excluding diaryl/α,β-unsaturated/α-hetero) is 1. The molecular weight excluding hydrogens is 424 g/mol. The molecule has 0 saturated carbocycles. The highest BCUT2D eigenvalue weighted by atomic mass is 32.2. The zero-order chi connectivity index (χ0) is 23.7. The first-order valence-electron chi connectivity index (χ1n) is 12.5. The fourth-order valence-electron chi connectivity index (χ4n) is 3.70. The molecule has 1 aromatic rings. The van der Waals surface area contributed by atoms with Gasteiger partial charge in [0.05, 0.1) is 5.75 Å². The summed E-state index contributed by atoms with van der Waals surface area (Å²) >= 11 is 0. The zero-order valence-electron chi connectivity index (χ0n) is 20.2. The molecule has 1 aromatic carbocycles. The maximum absolute atomic E-state index is 12.4. The van der Waals surface area contributed by atoms with Crippen LogP contribution in [-0.2, 0) is 14.3 Å². The van der Waals surface area contributed by atoms with Crippen LogP contribution >= 0.6 is 0 Å². The SMILES string of the molecule is CCCCCCCCCCCCCCCCS(=O)(=O)OCC(C)(O)C(=O)c1ccccc1. The Kier molecular flexibility index (Phi) is 14.7. The molecule has 0 aromatic heterocycles. The van der Waals surface area contributed by atoms with E-state index in [2.05, 4.69) is 6.92 Å². The second kappa shape index (κ2) is 16.4. The molecule has 1 atom stereocenters. The predicted molar refractivity (Wildman–Crippen MR) is 131 cm³/mol. The molecule has 0 spiro atoms. The molecule has 0 radical (unpaired) electrons. The van der Waals surface area contributed by atoms with E-state index in [0.717, 1.165) is 19.3 Å². The normalized spacial score (nSPS) is 13.7. The zero-order valence-corrected chi connectivity index (χ0v) is 21.0. The van der Waals surface area contributed by atoms with E-state index < -0.39 is 28.1 Å². The first-order valence-corrected chi connectivity index (χ1v) is 14.1. The minimum atomic E-state index is -3.76. The number of aliphatic hydroxyl groups is 1. The minimum absolute atomic E-state index is 0.0827. The Morgan fingerprint density at radius 1 is 0.812 bits per heavy atom. The lowest BCUT2D eigenvalue weighted by Crippen LogP contribution is -2.41. The lowest BCUT2D eigenvalue weighted by molar-refractivity contribution is 0.0175. The highest BCUT2D eigenvalue weighted by molar-refractivity contribution is 7.86. The Morgan fingerprint density at radius 3 is 1.72 bits per heavy atom. The van der Waals surface area contributed by atoms with Gasteiger partial charge in [0, 0.05) is 5.56 Å². The van der Waals surface area contributed by atoms with Crippen LogP contribution in [0.1, 0.15) is 114 Å². The summed E-state index contributed by atoms with van der Waals surface area (Å²) in [6.45, 7) is 2.96. The van der Waals surface area contributed by atoms with Crippen LogP contribution in [0.25, 0.3) is 0 Å². The van der Waals surface area contributed by atoms with Gasteiger partial charge in [0.2, 0.25) is 0 Å². The molecule has 1 unspecified atom stereocenters. The Balaban J connectivity index is 2.07. The van der Waals surface area contributed by atoms with Crippen molar-refractivity contribution in [1.29, 1.82) is 0 Å². The molecular formula is C26H44O5S. The van der Waals surface area contributed by atoms with Crippen molar-refractivity contribution in [2.24, 2.45) is 0 Å². The largest absolute Gasteiger partial charge is 0.379 e. The molecule has 1 rings (SSSR count). The quantitative estimate of drug-likeness (QED) is 0.135. The molecule has 0 heterocycles. The summed E-state index contributed by atoms with van der Waals surface area (Å²) in [5, 5.41) is 10.4. The fraction of sp³-hybridized carbons (Fsp3) is 0.731. The van der Waals surface area contributed by atoms with Crippen molar-refractivity contribution in [2.45, 2.75) is 109 Å². The van der Waals surface area contributed by atoms with Crippen molar-refractivity contribution in [2.75, 3.05) is 12.4 Å². The van der Waals surface area contributed by atoms with E-state index in [1.54, 1.807) is 30.3 Å². The van der Waals surface area contributed by atoms with E-state index in [0.29, 0.717) is 12.0 Å². The van der Waals surface area contributed by atoms with E-state index in [4.69, 9.17) is 4.18 Å². The summed E-state index contributed by atoms with van der Waals surface area (Å²) in [6.07, 6.45) is 16.8. The molecule has 32 heavy (non-hydrogen) atoms. The maximum Gasteiger partial charge on any atom is 0.267 e. The van der Waals surface area contributed by atoms with Crippen LogP contribution in [0.3, 0.4) is 0 Å². The third-order valence-corrected chi connectivity index (χ3v) is 7.06. The van der Waals surface area contributed by atoms with Crippen LogP contribution in [0.4, 0.5) is 0 Å². The average Bonchev–Trinajstić information content (AvgIpc) is 2.78. The second-order valence-corrected chi connectivity index (χ2v) is 10.8. The number of hydrogen-bond acceptors (Lipinski definition) is 5. The average molecular weight is 469 g/mol. The van der Waals surface area contributed by atoms with Crippen molar-refractivity contribution < 1.29 is 22.5 Å². The third kappa shape index (κ3) is 13.3. The molecule has 0 aliphatic heterocycles. The summed E-state index contributed by atoms with van der Waals surface area (Å²) in [6, 6.07) is 8.32. The van der Waals surface area contributed by atoms with Crippen LogP contribution in [0.5, 0.6) is 0 Å². The predicted octanol–water partition coefficient (Wildman–Crippen LogP) is 6.45. The van der Waals surface area contributed by atoms with Gasteiger partial charge in [0.1, 0.15) is 12.2 Å². The van der Waals surface area contributed by atoms with Gasteiger partial charge in [-0.15, -0.1) is 0 Å². The Morgan fingerprint density at radius 2 is 1.25 bits per heavy atom. The van der Waals surface area contributed by atoms with Crippen LogP contribution in [0.2, 0.25) is 0 Å². The highest BCUT2D eigenvalue weighted by Gasteiger charge is 2.33. The molecule has 0 saturated heterocycles. The molecule has 5 nitrogen and oxygen atoms in total. The van der Waals surface area contributed by atoms with Crippen LogP contribution in [-0.4, -0.2) is 37.3 Å². The Bertz CT molecular complexity index is 713.